The van der Waals surface area contributed by atoms with Gasteiger partial charge in [-0.3, -0.25) is 19.3 Å². The number of aryl methyl sites for hydroxylation is 1. The number of carbonyl (C=O) groups is 2. The van der Waals surface area contributed by atoms with E-state index in [1.807, 2.05) is 6.21 Å². The molecular weight excluding hydrogens is 328 g/mol. The van der Waals surface area contributed by atoms with Crippen molar-refractivity contribution >= 4 is 40.6 Å². The van der Waals surface area contributed by atoms with E-state index in [9.17, 15) is 9.59 Å². The van der Waals surface area contributed by atoms with Gasteiger partial charge in [-0.1, -0.05) is 6.92 Å². The van der Waals surface area contributed by atoms with Gasteiger partial charge in [0.25, 0.3) is 11.8 Å². The number of carbonyl (C=O) groups excluding carboxylic acids is 2. The molecule has 0 aliphatic carbocycles. The first kappa shape index (κ1) is 16.1. The van der Waals surface area contributed by atoms with E-state index in [2.05, 4.69) is 27.3 Å². The molecule has 0 fully saturated rings. The molecule has 24 heavy (non-hydrogen) atoms. The molecule has 0 spiro atoms. The monoisotopic (exact) mass is 344 g/mol. The first-order valence-corrected chi connectivity index (χ1v) is 8.15. The molecule has 0 radical (unpaired) electrons. The Morgan fingerprint density at radius 3 is 2.96 bits per heavy atom. The first-order chi connectivity index (χ1) is 11.5. The number of aromatic nitrogens is 3. The van der Waals surface area contributed by atoms with Gasteiger partial charge < -0.3 is 11.1 Å². The number of nitrogens with one attached hydrogen (secondary N) is 1. The lowest BCUT2D eigenvalue weighted by Gasteiger charge is -2.10. The van der Waals surface area contributed by atoms with Crippen molar-refractivity contribution in [3.63, 3.8) is 0 Å². The lowest BCUT2D eigenvalue weighted by molar-refractivity contribution is 0.0992. The zero-order valence-corrected chi connectivity index (χ0v) is 14.0. The average Bonchev–Trinajstić information content (AvgIpc) is 3.14. The fourth-order valence-corrected chi connectivity index (χ4v) is 3.23. The number of rotatable bonds is 4. The summed E-state index contributed by atoms with van der Waals surface area (Å²) in [5, 5.41) is 9.00. The van der Waals surface area contributed by atoms with Crippen LogP contribution < -0.4 is 11.1 Å². The average molecular weight is 344 g/mol. The fraction of sp³-hybridized carbons (Fsp3) is 0.267. The Morgan fingerprint density at radius 2 is 2.25 bits per heavy atom. The van der Waals surface area contributed by atoms with Gasteiger partial charge in [0.05, 0.1) is 11.9 Å². The summed E-state index contributed by atoms with van der Waals surface area (Å²) in [5.41, 5.74) is 6.99. The van der Waals surface area contributed by atoms with E-state index in [4.69, 9.17) is 5.73 Å². The molecule has 0 aromatic carbocycles. The van der Waals surface area contributed by atoms with Gasteiger partial charge in [0.1, 0.15) is 16.4 Å². The highest BCUT2D eigenvalue weighted by Gasteiger charge is 2.20. The van der Waals surface area contributed by atoms with Crippen LogP contribution in [0, 0.1) is 5.92 Å². The summed E-state index contributed by atoms with van der Waals surface area (Å²) in [6, 6.07) is 0. The molecule has 3 heterocycles. The zero-order valence-electron chi connectivity index (χ0n) is 13.2. The Morgan fingerprint density at radius 1 is 1.46 bits per heavy atom. The quantitative estimate of drug-likeness (QED) is 0.878. The van der Waals surface area contributed by atoms with Crippen molar-refractivity contribution in [2.45, 2.75) is 13.3 Å². The largest absolute Gasteiger partial charge is 0.364 e. The number of hydrogen-bond acceptors (Lipinski definition) is 6. The Kier molecular flexibility index (Phi) is 4.26. The highest BCUT2D eigenvalue weighted by molar-refractivity contribution is 7.11. The third kappa shape index (κ3) is 3.11. The van der Waals surface area contributed by atoms with Crippen molar-refractivity contribution in [1.29, 1.82) is 0 Å². The van der Waals surface area contributed by atoms with E-state index in [1.54, 1.807) is 18.6 Å². The molecular formula is C15H16N6O2S. The molecule has 1 aliphatic rings. The van der Waals surface area contributed by atoms with Gasteiger partial charge >= 0.3 is 0 Å². The van der Waals surface area contributed by atoms with Crippen LogP contribution in [0.2, 0.25) is 0 Å². The maximum absolute atomic E-state index is 12.4. The molecule has 0 saturated heterocycles. The van der Waals surface area contributed by atoms with Crippen LogP contribution in [-0.4, -0.2) is 32.8 Å². The predicted molar refractivity (Wildman–Crippen MR) is 92.0 cm³/mol. The summed E-state index contributed by atoms with van der Waals surface area (Å²) in [5.74, 6) is -0.732. The van der Waals surface area contributed by atoms with Crippen LogP contribution in [0.4, 0.5) is 5.69 Å². The summed E-state index contributed by atoms with van der Waals surface area (Å²) >= 11 is 1.39. The molecule has 1 aliphatic heterocycles. The van der Waals surface area contributed by atoms with E-state index >= 15 is 0 Å². The summed E-state index contributed by atoms with van der Waals surface area (Å²) < 4.78 is 1.32. The van der Waals surface area contributed by atoms with Crippen molar-refractivity contribution < 1.29 is 9.59 Å². The zero-order chi connectivity index (χ0) is 17.3. The second-order valence-electron chi connectivity index (χ2n) is 5.52. The topological polar surface area (TPSA) is 115 Å². The molecule has 0 bridgehead atoms. The number of primary amides is 1. The SMILES string of the molecule is CC1C=NC=C(c2nc(C(=O)Nc3cnn(C)c3C(N)=O)cs2)C1. The predicted octanol–water partition coefficient (Wildman–Crippen LogP) is 1.68. The minimum atomic E-state index is -0.663. The summed E-state index contributed by atoms with van der Waals surface area (Å²) in [6.45, 7) is 2.07. The van der Waals surface area contributed by atoms with Gasteiger partial charge in [-0.2, -0.15) is 5.10 Å². The van der Waals surface area contributed by atoms with Gasteiger partial charge in [-0.15, -0.1) is 11.3 Å². The number of nitrogens with zero attached hydrogens (tertiary/aromatic N) is 4. The molecule has 0 saturated carbocycles. The van der Waals surface area contributed by atoms with E-state index in [0.29, 0.717) is 5.92 Å². The van der Waals surface area contributed by atoms with Gasteiger partial charge in [0.2, 0.25) is 0 Å². The summed E-state index contributed by atoms with van der Waals surface area (Å²) in [4.78, 5) is 32.3. The maximum atomic E-state index is 12.4. The molecule has 2 amide bonds. The molecule has 3 rings (SSSR count). The Hall–Kier alpha value is -2.81. The number of thiazole rings is 1. The second-order valence-corrected chi connectivity index (χ2v) is 6.38. The van der Waals surface area contributed by atoms with E-state index in [1.165, 1.54) is 22.2 Å². The molecule has 2 aromatic heterocycles. The van der Waals surface area contributed by atoms with Crippen LogP contribution in [0.15, 0.2) is 22.8 Å². The highest BCUT2D eigenvalue weighted by atomic mass is 32.1. The molecule has 124 valence electrons. The highest BCUT2D eigenvalue weighted by Crippen LogP contribution is 2.28. The number of hydrogen-bond donors (Lipinski definition) is 2. The maximum Gasteiger partial charge on any atom is 0.275 e. The van der Waals surface area contributed by atoms with Crippen LogP contribution >= 0.6 is 11.3 Å². The Balaban J connectivity index is 1.79. The summed E-state index contributed by atoms with van der Waals surface area (Å²) in [6.07, 6.45) is 5.88. The van der Waals surface area contributed by atoms with Crippen molar-refractivity contribution in [2.75, 3.05) is 5.32 Å². The van der Waals surface area contributed by atoms with Crippen LogP contribution in [-0.2, 0) is 7.05 Å². The van der Waals surface area contributed by atoms with Crippen LogP contribution in [0.5, 0.6) is 0 Å². The minimum Gasteiger partial charge on any atom is -0.364 e. The van der Waals surface area contributed by atoms with Crippen molar-refractivity contribution in [2.24, 2.45) is 23.7 Å². The number of nitrogens with two attached hydrogens (primary N) is 1. The van der Waals surface area contributed by atoms with Crippen LogP contribution in [0.1, 0.15) is 39.3 Å². The van der Waals surface area contributed by atoms with Crippen molar-refractivity contribution in [3.05, 3.63) is 34.2 Å². The van der Waals surface area contributed by atoms with Crippen molar-refractivity contribution in [3.8, 4) is 0 Å². The normalized spacial score (nSPS) is 16.8. The molecule has 3 N–H and O–H groups in total. The van der Waals surface area contributed by atoms with E-state index in [0.717, 1.165) is 17.0 Å². The van der Waals surface area contributed by atoms with Gasteiger partial charge in [0, 0.05) is 30.4 Å². The smallest absolute Gasteiger partial charge is 0.275 e. The Labute approximate surface area is 142 Å². The Bertz CT molecular complexity index is 863. The van der Waals surface area contributed by atoms with E-state index in [-0.39, 0.29) is 17.1 Å². The number of allylic oxidation sites excluding steroid dienone is 1. The fourth-order valence-electron chi connectivity index (χ4n) is 2.41. The third-order valence-electron chi connectivity index (χ3n) is 3.54. The number of amides is 2. The van der Waals surface area contributed by atoms with Crippen LogP contribution in [0.25, 0.3) is 5.57 Å². The molecule has 8 nitrogen and oxygen atoms in total. The minimum absolute atomic E-state index is 0.136. The lowest BCUT2D eigenvalue weighted by Crippen LogP contribution is -2.20. The van der Waals surface area contributed by atoms with Crippen molar-refractivity contribution in [1.82, 2.24) is 14.8 Å². The van der Waals surface area contributed by atoms with Crippen LogP contribution in [0.3, 0.4) is 0 Å². The number of anilines is 1. The lowest BCUT2D eigenvalue weighted by atomic mass is 10.0. The molecule has 9 heteroatoms. The molecule has 2 aromatic rings. The van der Waals surface area contributed by atoms with Gasteiger partial charge in [-0.25, -0.2) is 4.98 Å². The molecule has 1 atom stereocenters. The number of aliphatic imine (C=N–C) groups is 1. The third-order valence-corrected chi connectivity index (χ3v) is 4.46. The van der Waals surface area contributed by atoms with Gasteiger partial charge in [-0.05, 0) is 12.3 Å². The van der Waals surface area contributed by atoms with Gasteiger partial charge in [0.15, 0.2) is 0 Å². The second kappa shape index (κ2) is 6.36. The van der Waals surface area contributed by atoms with E-state index < -0.39 is 11.8 Å². The summed E-state index contributed by atoms with van der Waals surface area (Å²) in [7, 11) is 1.58. The molecule has 1 unspecified atom stereocenters. The standard InChI is InChI=1S/C15H16N6O2S/c1-8-3-9(5-17-4-8)15-20-11(7-24-15)14(23)19-10-6-18-21(2)12(10)13(16)22/h4-8H,3H2,1-2H3,(H2,16,22)(H,19,23). The first-order valence-electron chi connectivity index (χ1n) is 7.27.